The van der Waals surface area contributed by atoms with E-state index in [2.05, 4.69) is 5.32 Å². The second-order valence-corrected chi connectivity index (χ2v) is 4.58. The standard InChI is InChI=1S/C12H19NO6/c14-10(5-4-8-3-1-2-6-19-8)13-9(12(17)18)7-11(15)16/h8-9H,1-7H2,(H,13,14)(H,15,16)(H,17,18)/t8?,9-/m1/s1. The number of hydrogen-bond acceptors (Lipinski definition) is 4. The number of aliphatic carboxylic acids is 2. The van der Waals surface area contributed by atoms with Gasteiger partial charge in [0.1, 0.15) is 6.04 Å². The Hall–Kier alpha value is -1.63. The summed E-state index contributed by atoms with van der Waals surface area (Å²) in [5.41, 5.74) is 0. The predicted octanol–water partition coefficient (Wildman–Crippen LogP) is 0.380. The SMILES string of the molecule is O=C(O)C[C@@H](NC(=O)CCC1CCCCO1)C(=O)O. The van der Waals surface area contributed by atoms with Crippen LogP contribution in [-0.4, -0.2) is 46.8 Å². The predicted molar refractivity (Wildman–Crippen MR) is 64.6 cm³/mol. The monoisotopic (exact) mass is 273 g/mol. The highest BCUT2D eigenvalue weighted by atomic mass is 16.5. The Bertz CT molecular complexity index is 337. The highest BCUT2D eigenvalue weighted by Gasteiger charge is 2.23. The summed E-state index contributed by atoms with van der Waals surface area (Å²) in [6, 6.07) is -1.38. The zero-order valence-electron chi connectivity index (χ0n) is 10.6. The van der Waals surface area contributed by atoms with Gasteiger partial charge in [0.05, 0.1) is 12.5 Å². The zero-order chi connectivity index (χ0) is 14.3. The molecule has 0 bridgehead atoms. The fraction of sp³-hybridized carbons (Fsp3) is 0.750. The topological polar surface area (TPSA) is 113 Å². The molecule has 0 aromatic heterocycles. The van der Waals surface area contributed by atoms with Crippen LogP contribution in [0.3, 0.4) is 0 Å². The normalized spacial score (nSPS) is 20.5. The highest BCUT2D eigenvalue weighted by molar-refractivity contribution is 5.86. The van der Waals surface area contributed by atoms with Crippen molar-refractivity contribution < 1.29 is 29.3 Å². The lowest BCUT2D eigenvalue weighted by atomic mass is 10.0. The number of ether oxygens (including phenoxy) is 1. The molecule has 0 aromatic rings. The largest absolute Gasteiger partial charge is 0.481 e. The second kappa shape index (κ2) is 7.73. The van der Waals surface area contributed by atoms with Gasteiger partial charge in [0, 0.05) is 13.0 Å². The van der Waals surface area contributed by atoms with E-state index >= 15 is 0 Å². The minimum atomic E-state index is -1.38. The van der Waals surface area contributed by atoms with E-state index in [0.29, 0.717) is 13.0 Å². The number of hydrogen-bond donors (Lipinski definition) is 3. The van der Waals surface area contributed by atoms with Gasteiger partial charge in [0.25, 0.3) is 0 Å². The van der Waals surface area contributed by atoms with Crippen molar-refractivity contribution in [3.8, 4) is 0 Å². The summed E-state index contributed by atoms with van der Waals surface area (Å²) in [6.07, 6.45) is 3.11. The summed E-state index contributed by atoms with van der Waals surface area (Å²) < 4.78 is 5.45. The minimum Gasteiger partial charge on any atom is -0.481 e. The molecule has 1 heterocycles. The van der Waals surface area contributed by atoms with Crippen LogP contribution in [0.15, 0.2) is 0 Å². The molecule has 3 N–H and O–H groups in total. The van der Waals surface area contributed by atoms with Crippen LogP contribution in [0.1, 0.15) is 38.5 Å². The number of nitrogens with one attached hydrogen (secondary N) is 1. The van der Waals surface area contributed by atoms with Crippen LogP contribution >= 0.6 is 0 Å². The van der Waals surface area contributed by atoms with Crippen molar-refractivity contribution in [1.29, 1.82) is 0 Å². The fourth-order valence-electron chi connectivity index (χ4n) is 1.97. The minimum absolute atomic E-state index is 0.0438. The van der Waals surface area contributed by atoms with Gasteiger partial charge in [-0.1, -0.05) is 0 Å². The maximum atomic E-state index is 11.6. The van der Waals surface area contributed by atoms with E-state index in [1.165, 1.54) is 0 Å². The first kappa shape index (κ1) is 15.4. The molecule has 1 saturated heterocycles. The summed E-state index contributed by atoms with van der Waals surface area (Å²) >= 11 is 0. The van der Waals surface area contributed by atoms with E-state index in [0.717, 1.165) is 19.3 Å². The van der Waals surface area contributed by atoms with Crippen LogP contribution in [-0.2, 0) is 19.1 Å². The molecule has 1 amide bonds. The molecule has 1 rings (SSSR count). The first-order chi connectivity index (χ1) is 8.99. The van der Waals surface area contributed by atoms with Gasteiger partial charge in [-0.2, -0.15) is 0 Å². The molecule has 19 heavy (non-hydrogen) atoms. The number of carbonyl (C=O) groups excluding carboxylic acids is 1. The van der Waals surface area contributed by atoms with Crippen LogP contribution in [0.5, 0.6) is 0 Å². The first-order valence-corrected chi connectivity index (χ1v) is 6.34. The second-order valence-electron chi connectivity index (χ2n) is 4.58. The van der Waals surface area contributed by atoms with Crippen molar-refractivity contribution in [2.75, 3.05) is 6.61 Å². The summed E-state index contributed by atoms with van der Waals surface area (Å²) in [5, 5.41) is 19.5. The average Bonchev–Trinajstić information content (AvgIpc) is 2.36. The maximum Gasteiger partial charge on any atom is 0.326 e. The van der Waals surface area contributed by atoms with E-state index in [1.807, 2.05) is 0 Å². The highest BCUT2D eigenvalue weighted by Crippen LogP contribution is 2.16. The molecule has 1 aliphatic rings. The molecule has 0 aliphatic carbocycles. The van der Waals surface area contributed by atoms with E-state index in [4.69, 9.17) is 14.9 Å². The molecule has 0 radical (unpaired) electrons. The first-order valence-electron chi connectivity index (χ1n) is 6.34. The molecule has 0 saturated carbocycles. The quantitative estimate of drug-likeness (QED) is 0.618. The Labute approximate surface area is 110 Å². The van der Waals surface area contributed by atoms with Crippen molar-refractivity contribution in [3.63, 3.8) is 0 Å². The Balaban J connectivity index is 2.31. The zero-order valence-corrected chi connectivity index (χ0v) is 10.6. The summed E-state index contributed by atoms with van der Waals surface area (Å²) in [4.78, 5) is 32.8. The van der Waals surface area contributed by atoms with Crippen molar-refractivity contribution in [2.45, 2.75) is 50.7 Å². The van der Waals surface area contributed by atoms with Crippen molar-refractivity contribution in [3.05, 3.63) is 0 Å². The molecule has 108 valence electrons. The molecular formula is C12H19NO6. The van der Waals surface area contributed by atoms with Gasteiger partial charge < -0.3 is 20.3 Å². The van der Waals surface area contributed by atoms with E-state index in [9.17, 15) is 14.4 Å². The van der Waals surface area contributed by atoms with Crippen LogP contribution < -0.4 is 5.32 Å². The summed E-state index contributed by atoms with van der Waals surface area (Å²) in [5.74, 6) is -3.06. The molecule has 0 spiro atoms. The smallest absolute Gasteiger partial charge is 0.326 e. The van der Waals surface area contributed by atoms with Crippen LogP contribution in [0.4, 0.5) is 0 Å². The molecule has 1 aliphatic heterocycles. The summed E-state index contributed by atoms with van der Waals surface area (Å²) in [6.45, 7) is 0.697. The number of rotatable bonds is 7. The third kappa shape index (κ3) is 6.19. The van der Waals surface area contributed by atoms with Crippen molar-refractivity contribution in [2.24, 2.45) is 0 Å². The van der Waals surface area contributed by atoms with Gasteiger partial charge in [0.2, 0.25) is 5.91 Å². The number of amides is 1. The third-order valence-corrected chi connectivity index (χ3v) is 2.98. The van der Waals surface area contributed by atoms with Gasteiger partial charge in [0.15, 0.2) is 0 Å². The molecular weight excluding hydrogens is 254 g/mol. The van der Waals surface area contributed by atoms with Crippen molar-refractivity contribution in [1.82, 2.24) is 5.32 Å². The van der Waals surface area contributed by atoms with Crippen molar-refractivity contribution >= 4 is 17.8 Å². The van der Waals surface area contributed by atoms with Gasteiger partial charge in [-0.25, -0.2) is 4.79 Å². The average molecular weight is 273 g/mol. The lowest BCUT2D eigenvalue weighted by Crippen LogP contribution is -2.42. The van der Waals surface area contributed by atoms with Crippen LogP contribution in [0.25, 0.3) is 0 Å². The Morgan fingerprint density at radius 3 is 2.53 bits per heavy atom. The van der Waals surface area contributed by atoms with Crippen LogP contribution in [0, 0.1) is 0 Å². The fourth-order valence-corrected chi connectivity index (χ4v) is 1.97. The van der Waals surface area contributed by atoms with Crippen LogP contribution in [0.2, 0.25) is 0 Å². The third-order valence-electron chi connectivity index (χ3n) is 2.98. The van der Waals surface area contributed by atoms with Gasteiger partial charge in [-0.3, -0.25) is 9.59 Å². The lowest BCUT2D eigenvalue weighted by molar-refractivity contribution is -0.147. The Morgan fingerprint density at radius 2 is 2.00 bits per heavy atom. The van der Waals surface area contributed by atoms with Gasteiger partial charge >= 0.3 is 11.9 Å². The van der Waals surface area contributed by atoms with E-state index in [1.54, 1.807) is 0 Å². The molecule has 7 nitrogen and oxygen atoms in total. The van der Waals surface area contributed by atoms with E-state index < -0.39 is 30.3 Å². The van der Waals surface area contributed by atoms with E-state index in [-0.39, 0.29) is 12.5 Å². The number of carboxylic acids is 2. The summed E-state index contributed by atoms with van der Waals surface area (Å²) in [7, 11) is 0. The lowest BCUT2D eigenvalue weighted by Gasteiger charge is -2.22. The molecule has 1 unspecified atom stereocenters. The number of carbonyl (C=O) groups is 3. The van der Waals surface area contributed by atoms with Gasteiger partial charge in [-0.05, 0) is 25.7 Å². The molecule has 2 atom stereocenters. The number of carboxylic acid groups (broad SMARTS) is 2. The maximum absolute atomic E-state index is 11.6. The Kier molecular flexibility index (Phi) is 6.27. The Morgan fingerprint density at radius 1 is 1.26 bits per heavy atom. The molecule has 1 fully saturated rings. The molecule has 0 aromatic carbocycles. The molecule has 7 heteroatoms. The van der Waals surface area contributed by atoms with Gasteiger partial charge in [-0.15, -0.1) is 0 Å².